The molecular weight excluding hydrogens is 600 g/mol. The van der Waals surface area contributed by atoms with Crippen LogP contribution in [-0.2, 0) is 11.2 Å². The molecular formula is C36H39F2N7O2. The number of carbonyl (C=O) groups excluding carboxylic acids is 2. The number of hydrogen-bond acceptors (Lipinski definition) is 7. The first-order valence-corrected chi connectivity index (χ1v) is 16.0. The zero-order valence-corrected chi connectivity index (χ0v) is 26.5. The Morgan fingerprint density at radius 3 is 2.43 bits per heavy atom. The summed E-state index contributed by atoms with van der Waals surface area (Å²) in [6, 6.07) is 16.7. The number of pyridine rings is 1. The molecule has 9 nitrogen and oxygen atoms in total. The number of rotatable bonds is 10. The summed E-state index contributed by atoms with van der Waals surface area (Å²) in [5.74, 6) is -0.736. The molecule has 11 heteroatoms. The van der Waals surface area contributed by atoms with Crippen LogP contribution >= 0.6 is 0 Å². The number of nitrogens with one attached hydrogen (secondary N) is 3. The van der Waals surface area contributed by atoms with Gasteiger partial charge in [-0.25, -0.2) is 13.8 Å². The van der Waals surface area contributed by atoms with Crippen molar-refractivity contribution in [3.63, 3.8) is 0 Å². The number of hydrogen-bond donors (Lipinski definition) is 3. The molecule has 1 aliphatic carbocycles. The van der Waals surface area contributed by atoms with E-state index < -0.39 is 17.8 Å². The van der Waals surface area contributed by atoms with Crippen molar-refractivity contribution >= 4 is 29.2 Å². The molecule has 1 aromatic heterocycles. The van der Waals surface area contributed by atoms with Crippen molar-refractivity contribution in [1.29, 1.82) is 0 Å². The van der Waals surface area contributed by atoms with Gasteiger partial charge in [0, 0.05) is 30.5 Å². The third kappa shape index (κ3) is 8.10. The van der Waals surface area contributed by atoms with Gasteiger partial charge in [-0.05, 0) is 93.2 Å². The van der Waals surface area contributed by atoms with Crippen molar-refractivity contribution in [2.45, 2.75) is 50.2 Å². The van der Waals surface area contributed by atoms with Crippen molar-refractivity contribution in [2.75, 3.05) is 32.5 Å². The third-order valence-electron chi connectivity index (χ3n) is 8.69. The van der Waals surface area contributed by atoms with Crippen molar-refractivity contribution in [2.24, 2.45) is 4.99 Å². The summed E-state index contributed by atoms with van der Waals surface area (Å²) in [5.41, 5.74) is 4.18. The second kappa shape index (κ2) is 14.3. The Morgan fingerprint density at radius 2 is 1.68 bits per heavy atom. The molecule has 244 valence electrons. The second-order valence-electron chi connectivity index (χ2n) is 12.5. The minimum absolute atomic E-state index is 0.0501. The second-order valence-corrected chi connectivity index (χ2v) is 12.5. The summed E-state index contributed by atoms with van der Waals surface area (Å²) in [6.07, 6.45) is 8.96. The number of nitrogens with zero attached hydrogens (tertiary/aromatic N) is 4. The molecule has 3 heterocycles. The van der Waals surface area contributed by atoms with E-state index in [1.165, 1.54) is 23.9 Å². The monoisotopic (exact) mass is 639 g/mol. The fourth-order valence-corrected chi connectivity index (χ4v) is 6.08. The summed E-state index contributed by atoms with van der Waals surface area (Å²) in [4.78, 5) is 38.7. The molecule has 2 aromatic carbocycles. The molecule has 2 aliphatic heterocycles. The zero-order chi connectivity index (χ0) is 32.9. The molecule has 1 saturated carbocycles. The van der Waals surface area contributed by atoms with Gasteiger partial charge < -0.3 is 25.8 Å². The summed E-state index contributed by atoms with van der Waals surface area (Å²) < 4.78 is 27.8. The lowest BCUT2D eigenvalue weighted by Gasteiger charge is -2.30. The fraction of sp³-hybridized carbons (Fsp3) is 0.333. The number of carbonyl (C=O) groups is 2. The topological polar surface area (TPSA) is 102 Å². The average Bonchev–Trinajstić information content (AvgIpc) is 3.49. The van der Waals surface area contributed by atoms with Crippen molar-refractivity contribution in [1.82, 2.24) is 25.4 Å². The summed E-state index contributed by atoms with van der Waals surface area (Å²) in [5, 5.41) is 9.31. The number of amides is 2. The number of aromatic nitrogens is 1. The van der Waals surface area contributed by atoms with E-state index in [0.717, 1.165) is 36.0 Å². The van der Waals surface area contributed by atoms with Crippen LogP contribution in [0.5, 0.6) is 0 Å². The molecule has 6 rings (SSSR count). The maximum absolute atomic E-state index is 14.3. The van der Waals surface area contributed by atoms with Crippen LogP contribution < -0.4 is 16.0 Å². The van der Waals surface area contributed by atoms with Crippen molar-refractivity contribution in [3.8, 4) is 11.1 Å². The summed E-state index contributed by atoms with van der Waals surface area (Å²) in [7, 11) is 4.12. The Labute approximate surface area is 273 Å². The predicted octanol–water partition coefficient (Wildman–Crippen LogP) is 5.36. The van der Waals surface area contributed by atoms with Gasteiger partial charge in [0.05, 0.1) is 18.3 Å². The number of likely N-dealkylation sites (N-methyl/N-ethyl adjacent to an activating group) is 1. The molecule has 1 unspecified atom stereocenters. The van der Waals surface area contributed by atoms with E-state index in [1.807, 2.05) is 24.3 Å². The molecule has 3 N–H and O–H groups in total. The standard InChI is InChI=1S/C36H39F2N7O2/c1-44(2)17-16-23-6-8-24(9-7-23)25-4-3-5-30(18-25)40-34-31(19-27(38)20-39-34)35(46)41-28-11-13-29(14-12-28)42-36(47)32-22-45-21-26(37)10-15-33(45)43-32/h3-10,15,18-21,28-29,32H,11-14,16-17,22H2,1-2H3,(H,39,40)(H,41,46)(H,42,47)/t28-,29+,32?. The van der Waals surface area contributed by atoms with E-state index in [9.17, 15) is 18.4 Å². The maximum Gasteiger partial charge on any atom is 0.255 e. The van der Waals surface area contributed by atoms with Gasteiger partial charge in [0.25, 0.3) is 5.91 Å². The SMILES string of the molecule is CN(C)CCc1ccc(-c2cccc(Nc3ncc(F)cc3C(=O)N[C@H]3CC[C@@H](NC(=O)C4CN5C=C(F)C=CC5=N4)CC3)c2)cc1. The maximum atomic E-state index is 14.3. The molecule has 1 atom stereocenters. The smallest absolute Gasteiger partial charge is 0.255 e. The van der Waals surface area contributed by atoms with Gasteiger partial charge in [0.2, 0.25) is 5.91 Å². The first-order chi connectivity index (χ1) is 22.7. The molecule has 2 amide bonds. The van der Waals surface area contributed by atoms with Crippen molar-refractivity contribution in [3.05, 3.63) is 102 Å². The van der Waals surface area contributed by atoms with E-state index in [4.69, 9.17) is 0 Å². The Hall–Kier alpha value is -4.90. The van der Waals surface area contributed by atoms with Gasteiger partial charge in [0.1, 0.15) is 29.3 Å². The zero-order valence-electron chi connectivity index (χ0n) is 26.5. The van der Waals surface area contributed by atoms with Crippen LogP contribution in [0.1, 0.15) is 41.6 Å². The van der Waals surface area contributed by atoms with Gasteiger partial charge in [-0.3, -0.25) is 14.6 Å². The lowest BCUT2D eigenvalue weighted by atomic mass is 9.90. The molecule has 0 saturated heterocycles. The van der Waals surface area contributed by atoms with Gasteiger partial charge >= 0.3 is 0 Å². The number of amidine groups is 1. The Bertz CT molecular complexity index is 1710. The van der Waals surface area contributed by atoms with Crippen LogP contribution in [-0.4, -0.2) is 77.7 Å². The first-order valence-electron chi connectivity index (χ1n) is 16.0. The summed E-state index contributed by atoms with van der Waals surface area (Å²) >= 11 is 0. The highest BCUT2D eigenvalue weighted by atomic mass is 19.1. The Kier molecular flexibility index (Phi) is 9.72. The van der Waals surface area contributed by atoms with Crippen LogP contribution in [0.3, 0.4) is 0 Å². The van der Waals surface area contributed by atoms with E-state index in [-0.39, 0.29) is 35.2 Å². The van der Waals surface area contributed by atoms with Gasteiger partial charge in [-0.1, -0.05) is 36.4 Å². The summed E-state index contributed by atoms with van der Waals surface area (Å²) in [6.45, 7) is 1.29. The number of anilines is 2. The van der Waals surface area contributed by atoms with E-state index in [2.05, 4.69) is 69.2 Å². The minimum Gasteiger partial charge on any atom is -0.351 e. The van der Waals surface area contributed by atoms with E-state index in [1.54, 1.807) is 11.0 Å². The number of benzene rings is 2. The van der Waals surface area contributed by atoms with E-state index >= 15 is 0 Å². The molecule has 47 heavy (non-hydrogen) atoms. The van der Waals surface area contributed by atoms with Gasteiger partial charge in [-0.2, -0.15) is 0 Å². The normalized spacial score (nSPS) is 20.4. The highest BCUT2D eigenvalue weighted by Crippen LogP contribution is 2.27. The van der Waals surface area contributed by atoms with Crippen LogP contribution in [0.4, 0.5) is 20.3 Å². The highest BCUT2D eigenvalue weighted by molar-refractivity contribution is 6.00. The van der Waals surface area contributed by atoms with E-state index in [0.29, 0.717) is 38.1 Å². The highest BCUT2D eigenvalue weighted by Gasteiger charge is 2.32. The van der Waals surface area contributed by atoms with Crippen LogP contribution in [0.15, 0.2) is 90.0 Å². The van der Waals surface area contributed by atoms with Gasteiger partial charge in [0.15, 0.2) is 0 Å². The Morgan fingerprint density at radius 1 is 0.936 bits per heavy atom. The van der Waals surface area contributed by atoms with Crippen LogP contribution in [0.25, 0.3) is 11.1 Å². The average molecular weight is 640 g/mol. The van der Waals surface area contributed by atoms with Crippen LogP contribution in [0.2, 0.25) is 0 Å². The molecule has 0 spiro atoms. The molecule has 3 aliphatic rings. The molecule has 0 bridgehead atoms. The molecule has 0 radical (unpaired) electrons. The first kappa shape index (κ1) is 32.1. The number of fused-ring (bicyclic) bond motifs is 1. The lowest BCUT2D eigenvalue weighted by Crippen LogP contribution is -2.46. The number of aliphatic imine (C=N–C) groups is 1. The lowest BCUT2D eigenvalue weighted by molar-refractivity contribution is -0.123. The molecule has 3 aromatic rings. The number of halogens is 2. The minimum atomic E-state index is -0.601. The largest absolute Gasteiger partial charge is 0.351 e. The van der Waals surface area contributed by atoms with Crippen molar-refractivity contribution < 1.29 is 18.4 Å². The molecule has 1 fully saturated rings. The fourth-order valence-electron chi connectivity index (χ4n) is 6.08. The quantitative estimate of drug-likeness (QED) is 0.276. The van der Waals surface area contributed by atoms with Crippen LogP contribution in [0, 0.1) is 5.82 Å². The third-order valence-corrected chi connectivity index (χ3v) is 8.69. The number of allylic oxidation sites excluding steroid dienone is 2. The predicted molar refractivity (Wildman–Crippen MR) is 180 cm³/mol. The Balaban J connectivity index is 1.04. The van der Waals surface area contributed by atoms with Gasteiger partial charge in [-0.15, -0.1) is 0 Å².